The summed E-state index contributed by atoms with van der Waals surface area (Å²) in [7, 11) is -1.03. The highest BCUT2D eigenvalue weighted by atomic mass is 32.2. The van der Waals surface area contributed by atoms with Crippen molar-refractivity contribution < 1.29 is 17.9 Å². The van der Waals surface area contributed by atoms with Gasteiger partial charge in [-0.25, -0.2) is 18.4 Å². The number of aromatic nitrogens is 3. The smallest absolute Gasteiger partial charge is 0.291 e. The zero-order chi connectivity index (χ0) is 21.2. The van der Waals surface area contributed by atoms with Gasteiger partial charge in [-0.2, -0.15) is 0 Å². The van der Waals surface area contributed by atoms with E-state index < -0.39 is 15.9 Å². The van der Waals surface area contributed by atoms with Crippen LogP contribution in [0.15, 0.2) is 47.8 Å². The highest BCUT2D eigenvalue weighted by Gasteiger charge is 2.24. The first kappa shape index (κ1) is 20.3. The van der Waals surface area contributed by atoms with Crippen molar-refractivity contribution in [3.8, 4) is 5.88 Å². The Labute approximate surface area is 168 Å². The van der Waals surface area contributed by atoms with Crippen molar-refractivity contribution >= 4 is 27.3 Å². The number of hydrogen-bond donors (Lipinski definition) is 2. The van der Waals surface area contributed by atoms with Crippen molar-refractivity contribution in [1.82, 2.24) is 14.5 Å². The van der Waals surface area contributed by atoms with E-state index in [9.17, 15) is 13.2 Å². The molecule has 29 heavy (non-hydrogen) atoms. The largest absolute Gasteiger partial charge is 0.480 e. The monoisotopic (exact) mass is 415 g/mol. The molecule has 2 N–H and O–H groups in total. The van der Waals surface area contributed by atoms with E-state index in [1.54, 1.807) is 17.8 Å². The Morgan fingerprint density at radius 1 is 1.17 bits per heavy atom. The number of ether oxygens (including phenoxy) is 1. The molecule has 0 aliphatic carbocycles. The number of pyridine rings is 1. The van der Waals surface area contributed by atoms with Crippen molar-refractivity contribution in [2.24, 2.45) is 7.05 Å². The lowest BCUT2D eigenvalue weighted by Crippen LogP contribution is -2.19. The Balaban J connectivity index is 1.96. The third-order valence-electron chi connectivity index (χ3n) is 4.30. The predicted octanol–water partition coefficient (Wildman–Crippen LogP) is 2.49. The summed E-state index contributed by atoms with van der Waals surface area (Å²) in [5.41, 5.74) is 2.23. The van der Waals surface area contributed by atoms with Gasteiger partial charge in [-0.15, -0.1) is 0 Å². The Kier molecular flexibility index (Phi) is 5.55. The second-order valence-corrected chi connectivity index (χ2v) is 8.07. The molecule has 0 bridgehead atoms. The van der Waals surface area contributed by atoms with Gasteiger partial charge < -0.3 is 14.6 Å². The van der Waals surface area contributed by atoms with E-state index in [0.29, 0.717) is 5.69 Å². The normalized spacial score (nSPS) is 11.2. The van der Waals surface area contributed by atoms with E-state index in [0.717, 1.165) is 11.1 Å². The maximum atomic E-state index is 13.0. The van der Waals surface area contributed by atoms with Gasteiger partial charge in [0.05, 0.1) is 24.7 Å². The van der Waals surface area contributed by atoms with Gasteiger partial charge in [0.15, 0.2) is 10.7 Å². The number of anilines is 2. The molecule has 0 aliphatic rings. The number of aryl methyl sites for hydroxylation is 3. The minimum absolute atomic E-state index is 0.0845. The zero-order valence-electron chi connectivity index (χ0n) is 16.4. The van der Waals surface area contributed by atoms with E-state index in [-0.39, 0.29) is 22.3 Å². The molecule has 0 aliphatic heterocycles. The maximum Gasteiger partial charge on any atom is 0.291 e. The first-order chi connectivity index (χ1) is 13.7. The Bertz CT molecular complexity index is 1150. The molecule has 0 saturated heterocycles. The van der Waals surface area contributed by atoms with Crippen LogP contribution in [0.5, 0.6) is 5.88 Å². The number of carbonyl (C=O) groups excluding carboxylic acids is 1. The van der Waals surface area contributed by atoms with Gasteiger partial charge in [-0.3, -0.25) is 9.52 Å². The van der Waals surface area contributed by atoms with Crippen LogP contribution in [0.2, 0.25) is 0 Å². The van der Waals surface area contributed by atoms with Crippen LogP contribution in [0.1, 0.15) is 21.7 Å². The van der Waals surface area contributed by atoms with Gasteiger partial charge >= 0.3 is 0 Å². The summed E-state index contributed by atoms with van der Waals surface area (Å²) < 4.78 is 35.3. The van der Waals surface area contributed by atoms with Gasteiger partial charge in [-0.1, -0.05) is 18.2 Å². The third-order valence-corrected chi connectivity index (χ3v) is 5.65. The number of rotatable bonds is 6. The molecule has 0 saturated carbocycles. The number of amides is 1. The van der Waals surface area contributed by atoms with Gasteiger partial charge in [0, 0.05) is 19.4 Å². The van der Waals surface area contributed by atoms with Crippen LogP contribution in [-0.2, 0) is 17.1 Å². The van der Waals surface area contributed by atoms with Crippen molar-refractivity contribution in [2.75, 3.05) is 17.1 Å². The number of imidazole rings is 1. The maximum absolute atomic E-state index is 13.0. The van der Waals surface area contributed by atoms with Gasteiger partial charge in [0.1, 0.15) is 0 Å². The summed E-state index contributed by atoms with van der Waals surface area (Å²) in [5, 5.41) is 2.60. The summed E-state index contributed by atoms with van der Waals surface area (Å²) in [5.74, 6) is -0.395. The average Bonchev–Trinajstić information content (AvgIpc) is 3.11. The second kappa shape index (κ2) is 7.92. The van der Waals surface area contributed by atoms with Crippen LogP contribution >= 0.6 is 0 Å². The van der Waals surface area contributed by atoms with Gasteiger partial charge in [0.2, 0.25) is 5.88 Å². The Morgan fingerprint density at radius 2 is 1.86 bits per heavy atom. The third kappa shape index (κ3) is 4.21. The fourth-order valence-corrected chi connectivity index (χ4v) is 4.13. The van der Waals surface area contributed by atoms with E-state index >= 15 is 0 Å². The van der Waals surface area contributed by atoms with Crippen LogP contribution in [0.25, 0.3) is 0 Å². The molecule has 1 aromatic carbocycles. The standard InChI is InChI=1S/C19H21N5O4S/c1-12-6-5-7-13(2)16(12)23-29(26,27)15-10-14(11-21-19(15)28-4)22-18(25)17-20-8-9-24(17)3/h5-11,23H,1-4H3,(H,22,25). The average molecular weight is 415 g/mol. The Hall–Kier alpha value is -3.40. The first-order valence-electron chi connectivity index (χ1n) is 8.64. The van der Waals surface area contributed by atoms with Gasteiger partial charge in [-0.05, 0) is 31.0 Å². The fourth-order valence-electron chi connectivity index (χ4n) is 2.78. The van der Waals surface area contributed by atoms with Crippen LogP contribution in [-0.4, -0.2) is 36.0 Å². The lowest BCUT2D eigenvalue weighted by Gasteiger charge is -2.15. The van der Waals surface area contributed by atoms with Crippen molar-refractivity contribution in [1.29, 1.82) is 0 Å². The summed E-state index contributed by atoms with van der Waals surface area (Å²) in [4.78, 5) is 20.2. The van der Waals surface area contributed by atoms with Crippen molar-refractivity contribution in [3.63, 3.8) is 0 Å². The predicted molar refractivity (Wildman–Crippen MR) is 109 cm³/mol. The second-order valence-electron chi connectivity index (χ2n) is 6.42. The number of methoxy groups -OCH3 is 1. The number of benzene rings is 1. The molecule has 0 fully saturated rings. The molecule has 0 atom stereocenters. The molecule has 10 heteroatoms. The molecule has 2 aromatic heterocycles. The molecular formula is C19H21N5O4S. The molecule has 0 spiro atoms. The summed E-state index contributed by atoms with van der Waals surface area (Å²) in [6.07, 6.45) is 4.44. The molecule has 3 rings (SSSR count). The number of para-hydroxylation sites is 1. The minimum Gasteiger partial charge on any atom is -0.480 e. The molecule has 2 heterocycles. The van der Waals surface area contributed by atoms with Gasteiger partial charge in [0.25, 0.3) is 15.9 Å². The van der Waals surface area contributed by atoms with Crippen LogP contribution in [0.3, 0.4) is 0 Å². The lowest BCUT2D eigenvalue weighted by atomic mass is 10.1. The quantitative estimate of drug-likeness (QED) is 0.639. The fraction of sp³-hybridized carbons (Fsp3) is 0.211. The SMILES string of the molecule is COc1ncc(NC(=O)c2nccn2C)cc1S(=O)(=O)Nc1c(C)cccc1C. The first-order valence-corrected chi connectivity index (χ1v) is 10.1. The topological polar surface area (TPSA) is 115 Å². The Morgan fingerprint density at radius 3 is 2.45 bits per heavy atom. The number of nitrogens with zero attached hydrogens (tertiary/aromatic N) is 3. The zero-order valence-corrected chi connectivity index (χ0v) is 17.2. The van der Waals surface area contributed by atoms with Crippen molar-refractivity contribution in [2.45, 2.75) is 18.7 Å². The van der Waals surface area contributed by atoms with E-state index in [2.05, 4.69) is 20.0 Å². The molecule has 9 nitrogen and oxygen atoms in total. The van der Waals surface area contributed by atoms with E-state index in [1.165, 1.54) is 25.6 Å². The number of nitrogens with one attached hydrogen (secondary N) is 2. The van der Waals surface area contributed by atoms with Crippen LogP contribution in [0, 0.1) is 13.8 Å². The van der Waals surface area contributed by atoms with E-state index in [4.69, 9.17) is 4.74 Å². The molecule has 152 valence electrons. The summed E-state index contributed by atoms with van der Waals surface area (Å²) >= 11 is 0. The summed E-state index contributed by atoms with van der Waals surface area (Å²) in [6.45, 7) is 3.62. The van der Waals surface area contributed by atoms with Crippen LogP contribution in [0.4, 0.5) is 11.4 Å². The lowest BCUT2D eigenvalue weighted by molar-refractivity contribution is 0.101. The summed E-state index contributed by atoms with van der Waals surface area (Å²) in [6, 6.07) is 6.76. The number of carbonyl (C=O) groups is 1. The molecule has 1 amide bonds. The molecule has 3 aromatic rings. The molecule has 0 unspecified atom stereocenters. The number of hydrogen-bond acceptors (Lipinski definition) is 6. The highest BCUT2D eigenvalue weighted by Crippen LogP contribution is 2.29. The van der Waals surface area contributed by atoms with Crippen LogP contribution < -0.4 is 14.8 Å². The molecule has 0 radical (unpaired) electrons. The van der Waals surface area contributed by atoms with Crippen molar-refractivity contribution in [3.05, 3.63) is 59.8 Å². The minimum atomic E-state index is -4.03. The number of sulfonamides is 1. The van der Waals surface area contributed by atoms with E-state index in [1.807, 2.05) is 32.0 Å². The highest BCUT2D eigenvalue weighted by molar-refractivity contribution is 7.92. The molecular weight excluding hydrogens is 394 g/mol.